The van der Waals surface area contributed by atoms with Crippen LogP contribution < -0.4 is 0 Å². The third-order valence-corrected chi connectivity index (χ3v) is 8.49. The topological polar surface area (TPSA) is 52.6 Å². The largest absolute Gasteiger partial charge is 0.461 e. The Morgan fingerprint density at radius 1 is 0.929 bits per heavy atom. The molecule has 0 amide bonds. The summed E-state index contributed by atoms with van der Waals surface area (Å²) in [4.78, 5) is 25.8. The van der Waals surface area contributed by atoms with Gasteiger partial charge >= 0.3 is 11.9 Å². The normalized spacial score (nSPS) is 36.2. The van der Waals surface area contributed by atoms with Gasteiger partial charge in [-0.25, -0.2) is 0 Å². The van der Waals surface area contributed by atoms with E-state index in [1.807, 2.05) is 20.8 Å². The van der Waals surface area contributed by atoms with Crippen molar-refractivity contribution in [1.82, 2.24) is 0 Å². The first-order chi connectivity index (χ1) is 13.3. The molecule has 0 aromatic heterocycles. The average molecular weight is 391 g/mol. The molecule has 5 aliphatic rings. The van der Waals surface area contributed by atoms with Crippen molar-refractivity contribution < 1.29 is 19.1 Å². The monoisotopic (exact) mass is 390 g/mol. The van der Waals surface area contributed by atoms with Crippen molar-refractivity contribution in [3.05, 3.63) is 0 Å². The van der Waals surface area contributed by atoms with E-state index in [0.717, 1.165) is 43.9 Å². The molecule has 4 heteroatoms. The lowest BCUT2D eigenvalue weighted by molar-refractivity contribution is -0.190. The standard InChI is InChI=1S/C24H38O4/c1-4-23(2,3)22(26)28-24(8-6-5-7-9-24)15-27-21(25)20-18-11-16-10-17(13-18)14-19(20)12-16/h16-20H,4-15H2,1-3H3. The minimum Gasteiger partial charge on any atom is -0.461 e. The maximum absolute atomic E-state index is 13.1. The maximum atomic E-state index is 13.1. The van der Waals surface area contributed by atoms with Crippen LogP contribution in [-0.2, 0) is 19.1 Å². The second kappa shape index (κ2) is 7.65. The zero-order valence-corrected chi connectivity index (χ0v) is 18.0. The Morgan fingerprint density at radius 2 is 1.50 bits per heavy atom. The van der Waals surface area contributed by atoms with Crippen molar-refractivity contribution in [2.75, 3.05) is 6.61 Å². The molecule has 0 N–H and O–H groups in total. The molecule has 0 aliphatic heterocycles. The second-order valence-electron chi connectivity index (χ2n) is 10.9. The molecule has 5 rings (SSSR count). The molecule has 0 radical (unpaired) electrons. The zero-order valence-electron chi connectivity index (χ0n) is 18.0. The van der Waals surface area contributed by atoms with E-state index in [0.29, 0.717) is 11.8 Å². The van der Waals surface area contributed by atoms with Crippen LogP contribution in [0.1, 0.15) is 91.4 Å². The zero-order chi connectivity index (χ0) is 19.9. The number of ether oxygens (including phenoxy) is 2. The number of hydrogen-bond acceptors (Lipinski definition) is 4. The maximum Gasteiger partial charge on any atom is 0.312 e. The minimum atomic E-state index is -0.608. The fourth-order valence-electron chi connectivity index (χ4n) is 6.56. The van der Waals surface area contributed by atoms with Crippen molar-refractivity contribution in [3.63, 3.8) is 0 Å². The molecule has 28 heavy (non-hydrogen) atoms. The predicted molar refractivity (Wildman–Crippen MR) is 107 cm³/mol. The molecule has 0 heterocycles. The van der Waals surface area contributed by atoms with Crippen LogP contribution in [0, 0.1) is 35.0 Å². The van der Waals surface area contributed by atoms with Crippen molar-refractivity contribution in [2.24, 2.45) is 35.0 Å². The highest BCUT2D eigenvalue weighted by molar-refractivity contribution is 5.76. The Bertz CT molecular complexity index is 574. The van der Waals surface area contributed by atoms with Gasteiger partial charge in [-0.1, -0.05) is 13.3 Å². The molecule has 158 valence electrons. The van der Waals surface area contributed by atoms with E-state index in [-0.39, 0.29) is 24.5 Å². The lowest BCUT2D eigenvalue weighted by Crippen LogP contribution is -2.50. The summed E-state index contributed by atoms with van der Waals surface area (Å²) in [6.45, 7) is 6.14. The van der Waals surface area contributed by atoms with E-state index in [1.165, 1.54) is 38.5 Å². The molecule has 5 fully saturated rings. The first-order valence-corrected chi connectivity index (χ1v) is 11.7. The van der Waals surface area contributed by atoms with Gasteiger partial charge in [-0.2, -0.15) is 0 Å². The molecule has 0 aromatic carbocycles. The van der Waals surface area contributed by atoms with E-state index >= 15 is 0 Å². The first-order valence-electron chi connectivity index (χ1n) is 11.7. The Morgan fingerprint density at radius 3 is 2.04 bits per heavy atom. The fraction of sp³-hybridized carbons (Fsp3) is 0.917. The SMILES string of the molecule is CCC(C)(C)C(=O)OC1(COC(=O)C2C3CC4CC(C3)CC2C4)CCCCC1. The van der Waals surface area contributed by atoms with Gasteiger partial charge in [-0.3, -0.25) is 9.59 Å². The highest BCUT2D eigenvalue weighted by Gasteiger charge is 2.52. The Balaban J connectivity index is 1.40. The summed E-state index contributed by atoms with van der Waals surface area (Å²) in [6, 6.07) is 0. The van der Waals surface area contributed by atoms with Crippen LogP contribution in [0.25, 0.3) is 0 Å². The molecular formula is C24H38O4. The molecule has 5 saturated carbocycles. The van der Waals surface area contributed by atoms with Crippen LogP contribution in [0.2, 0.25) is 0 Å². The third kappa shape index (κ3) is 3.85. The van der Waals surface area contributed by atoms with Crippen molar-refractivity contribution >= 4 is 11.9 Å². The number of esters is 2. The van der Waals surface area contributed by atoms with Crippen molar-refractivity contribution in [2.45, 2.75) is 97.0 Å². The quantitative estimate of drug-likeness (QED) is 0.579. The van der Waals surface area contributed by atoms with Gasteiger partial charge in [0.25, 0.3) is 0 Å². The molecule has 0 aromatic rings. The van der Waals surface area contributed by atoms with Gasteiger partial charge < -0.3 is 9.47 Å². The number of rotatable bonds is 6. The lowest BCUT2D eigenvalue weighted by atomic mass is 9.52. The van der Waals surface area contributed by atoms with Crippen LogP contribution in [-0.4, -0.2) is 24.1 Å². The molecule has 4 nitrogen and oxygen atoms in total. The van der Waals surface area contributed by atoms with Gasteiger partial charge in [0.2, 0.25) is 0 Å². The summed E-state index contributed by atoms with van der Waals surface area (Å²) in [5, 5.41) is 0. The summed E-state index contributed by atoms with van der Waals surface area (Å²) >= 11 is 0. The molecule has 0 unspecified atom stereocenters. The summed E-state index contributed by atoms with van der Waals surface area (Å²) in [7, 11) is 0. The van der Waals surface area contributed by atoms with Gasteiger partial charge in [0.15, 0.2) is 0 Å². The van der Waals surface area contributed by atoms with E-state index in [9.17, 15) is 9.59 Å². The Kier molecular flexibility index (Phi) is 5.52. The minimum absolute atomic E-state index is 0.00968. The van der Waals surface area contributed by atoms with Crippen LogP contribution in [0.4, 0.5) is 0 Å². The Labute approximate surface area is 170 Å². The predicted octanol–water partition coefficient (Wildman–Crippen LogP) is 5.28. The summed E-state index contributed by atoms with van der Waals surface area (Å²) in [5.41, 5.74) is -1.10. The first kappa shape index (κ1) is 20.2. The van der Waals surface area contributed by atoms with E-state index in [4.69, 9.17) is 9.47 Å². The fourth-order valence-corrected chi connectivity index (χ4v) is 6.56. The molecular weight excluding hydrogens is 352 g/mol. The second-order valence-corrected chi connectivity index (χ2v) is 10.9. The molecule has 0 atom stereocenters. The number of carbonyl (C=O) groups excluding carboxylic acids is 2. The van der Waals surface area contributed by atoms with Gasteiger partial charge in [0, 0.05) is 0 Å². The highest BCUT2D eigenvalue weighted by Crippen LogP contribution is 2.56. The van der Waals surface area contributed by atoms with E-state index in [2.05, 4.69) is 0 Å². The van der Waals surface area contributed by atoms with Gasteiger partial charge in [0.05, 0.1) is 11.3 Å². The third-order valence-electron chi connectivity index (χ3n) is 8.49. The summed E-state index contributed by atoms with van der Waals surface area (Å²) in [5.74, 6) is 2.71. The van der Waals surface area contributed by atoms with Gasteiger partial charge in [-0.05, 0) is 102 Å². The molecule has 5 aliphatic carbocycles. The van der Waals surface area contributed by atoms with Gasteiger partial charge in [-0.15, -0.1) is 0 Å². The summed E-state index contributed by atoms with van der Waals surface area (Å²) < 4.78 is 12.0. The lowest BCUT2D eigenvalue weighted by Gasteiger charge is -2.53. The van der Waals surface area contributed by atoms with Crippen LogP contribution in [0.5, 0.6) is 0 Å². The molecule has 0 spiro atoms. The smallest absolute Gasteiger partial charge is 0.312 e. The van der Waals surface area contributed by atoms with Crippen molar-refractivity contribution in [3.8, 4) is 0 Å². The van der Waals surface area contributed by atoms with Crippen molar-refractivity contribution in [1.29, 1.82) is 0 Å². The average Bonchev–Trinajstić information content (AvgIpc) is 2.66. The Hall–Kier alpha value is -1.06. The van der Waals surface area contributed by atoms with Crippen LogP contribution in [0.15, 0.2) is 0 Å². The van der Waals surface area contributed by atoms with Crippen LogP contribution >= 0.6 is 0 Å². The molecule has 4 bridgehead atoms. The van der Waals surface area contributed by atoms with Gasteiger partial charge in [0.1, 0.15) is 12.2 Å². The number of hydrogen-bond donors (Lipinski definition) is 0. The summed E-state index contributed by atoms with van der Waals surface area (Å²) in [6.07, 6.45) is 11.9. The number of carbonyl (C=O) groups is 2. The molecule has 0 saturated heterocycles. The van der Waals surface area contributed by atoms with Crippen LogP contribution in [0.3, 0.4) is 0 Å². The van der Waals surface area contributed by atoms with E-state index < -0.39 is 11.0 Å². The van der Waals surface area contributed by atoms with E-state index in [1.54, 1.807) is 0 Å². The highest BCUT2D eigenvalue weighted by atomic mass is 16.6.